The number of hydrogen-bond donors (Lipinski definition) is 1. The predicted molar refractivity (Wildman–Crippen MR) is 123 cm³/mol. The zero-order valence-corrected chi connectivity index (χ0v) is 18.0. The molecule has 1 saturated heterocycles. The van der Waals surface area contributed by atoms with E-state index in [0.717, 1.165) is 54.1 Å². The summed E-state index contributed by atoms with van der Waals surface area (Å²) >= 11 is 1.53. The molecule has 0 spiro atoms. The lowest BCUT2D eigenvalue weighted by atomic mass is 9.92. The average molecular weight is 433 g/mol. The second-order valence-corrected chi connectivity index (χ2v) is 9.00. The molecule has 31 heavy (non-hydrogen) atoms. The first-order valence-corrected chi connectivity index (χ1v) is 11.5. The second-order valence-electron chi connectivity index (χ2n) is 8.08. The first-order chi connectivity index (χ1) is 15.2. The molecule has 0 unspecified atom stereocenters. The molecule has 1 aliphatic heterocycles. The van der Waals surface area contributed by atoms with Crippen LogP contribution in [0.5, 0.6) is 0 Å². The molecule has 0 aliphatic carbocycles. The lowest BCUT2D eigenvalue weighted by molar-refractivity contribution is -0.131. The zero-order chi connectivity index (χ0) is 21.2. The number of thiophene rings is 1. The Labute approximate surface area is 184 Å². The van der Waals surface area contributed by atoms with Crippen LogP contribution in [0.4, 0.5) is 0 Å². The van der Waals surface area contributed by atoms with Gasteiger partial charge in [-0.15, -0.1) is 11.3 Å². The molecule has 1 amide bonds. The van der Waals surface area contributed by atoms with Crippen molar-refractivity contribution in [3.63, 3.8) is 0 Å². The second kappa shape index (κ2) is 8.51. The Morgan fingerprint density at radius 1 is 1.06 bits per heavy atom. The summed E-state index contributed by atoms with van der Waals surface area (Å²) in [6.07, 6.45) is 3.02. The molecule has 7 heteroatoms. The van der Waals surface area contributed by atoms with Crippen LogP contribution in [0.2, 0.25) is 0 Å². The first-order valence-electron chi connectivity index (χ1n) is 10.6. The number of H-pyrrole nitrogens is 1. The fraction of sp³-hybridized carbons (Fsp3) is 0.292. The van der Waals surface area contributed by atoms with Gasteiger partial charge in [0.1, 0.15) is 10.8 Å². The third kappa shape index (κ3) is 4.05. The van der Waals surface area contributed by atoms with Gasteiger partial charge in [-0.3, -0.25) is 4.79 Å². The summed E-state index contributed by atoms with van der Waals surface area (Å²) < 4.78 is 1.67. The van der Waals surface area contributed by atoms with E-state index in [1.807, 2.05) is 46.7 Å². The molecular formula is C24H24N4O2S. The maximum atomic E-state index is 13.0. The number of amides is 1. The maximum absolute atomic E-state index is 13.0. The summed E-state index contributed by atoms with van der Waals surface area (Å²) in [4.78, 5) is 27.1. The molecule has 6 nitrogen and oxygen atoms in total. The highest BCUT2D eigenvalue weighted by molar-refractivity contribution is 7.12. The summed E-state index contributed by atoms with van der Waals surface area (Å²) in [5, 5.41) is 12.0. The Morgan fingerprint density at radius 2 is 1.87 bits per heavy atom. The summed E-state index contributed by atoms with van der Waals surface area (Å²) in [6.45, 7) is 1.50. The number of nitrogens with one attached hydrogen (secondary N) is 1. The van der Waals surface area contributed by atoms with Gasteiger partial charge in [-0.05, 0) is 52.6 Å². The molecule has 0 saturated carbocycles. The van der Waals surface area contributed by atoms with Gasteiger partial charge in [-0.1, -0.05) is 42.5 Å². The van der Waals surface area contributed by atoms with Crippen molar-refractivity contribution in [2.75, 3.05) is 13.1 Å². The van der Waals surface area contributed by atoms with E-state index < -0.39 is 0 Å². The van der Waals surface area contributed by atoms with E-state index in [4.69, 9.17) is 0 Å². The van der Waals surface area contributed by atoms with Crippen LogP contribution in [0.3, 0.4) is 0 Å². The normalized spacial score (nSPS) is 14.9. The number of rotatable bonds is 5. The van der Waals surface area contributed by atoms with Crippen LogP contribution in [-0.4, -0.2) is 38.7 Å². The Bertz CT molecular complexity index is 1240. The van der Waals surface area contributed by atoms with Crippen LogP contribution in [0.25, 0.3) is 15.8 Å². The maximum Gasteiger partial charge on any atom is 0.348 e. The van der Waals surface area contributed by atoms with Gasteiger partial charge >= 0.3 is 5.69 Å². The van der Waals surface area contributed by atoms with Crippen molar-refractivity contribution in [3.05, 3.63) is 81.8 Å². The third-order valence-corrected chi connectivity index (χ3v) is 6.98. The molecule has 1 aliphatic rings. The molecule has 2 aromatic carbocycles. The minimum absolute atomic E-state index is 0.185. The standard InChI is InChI=1S/C24H24N4O2S/c29-22(16-19-7-3-6-18-5-1-2-8-20(18)19)27-12-10-17(11-13-27)15-21-25-26-24(30)28(21)23-9-4-14-31-23/h1-9,14,17H,10-13,15-16H2,(H,26,30). The Hall–Kier alpha value is -3.19. The van der Waals surface area contributed by atoms with Gasteiger partial charge in [0.05, 0.1) is 6.42 Å². The molecule has 0 bridgehead atoms. The topological polar surface area (TPSA) is 71.0 Å². The molecule has 0 radical (unpaired) electrons. The minimum atomic E-state index is -0.194. The summed E-state index contributed by atoms with van der Waals surface area (Å²) in [5.41, 5.74) is 0.891. The van der Waals surface area contributed by atoms with Crippen molar-refractivity contribution >= 4 is 28.0 Å². The summed E-state index contributed by atoms with van der Waals surface area (Å²) in [6, 6.07) is 18.2. The van der Waals surface area contributed by atoms with E-state index >= 15 is 0 Å². The molecule has 158 valence electrons. The van der Waals surface area contributed by atoms with Crippen molar-refractivity contribution < 1.29 is 4.79 Å². The van der Waals surface area contributed by atoms with Crippen molar-refractivity contribution in [2.24, 2.45) is 5.92 Å². The van der Waals surface area contributed by atoms with Gasteiger partial charge < -0.3 is 4.90 Å². The lowest BCUT2D eigenvalue weighted by Gasteiger charge is -2.32. The van der Waals surface area contributed by atoms with Crippen LogP contribution in [0, 0.1) is 5.92 Å². The van der Waals surface area contributed by atoms with Gasteiger partial charge in [0.25, 0.3) is 0 Å². The fourth-order valence-corrected chi connectivity index (χ4v) is 5.20. The summed E-state index contributed by atoms with van der Waals surface area (Å²) in [5.74, 6) is 1.37. The van der Waals surface area contributed by atoms with E-state index in [2.05, 4.69) is 28.4 Å². The molecule has 5 rings (SSSR count). The fourth-order valence-electron chi connectivity index (χ4n) is 4.46. The van der Waals surface area contributed by atoms with Gasteiger partial charge in [0, 0.05) is 19.5 Å². The molecule has 4 aromatic rings. The van der Waals surface area contributed by atoms with Crippen LogP contribution >= 0.6 is 11.3 Å². The van der Waals surface area contributed by atoms with Crippen LogP contribution in [-0.2, 0) is 17.6 Å². The number of piperidine rings is 1. The molecule has 1 fully saturated rings. The van der Waals surface area contributed by atoms with E-state index in [1.165, 1.54) is 16.7 Å². The summed E-state index contributed by atoms with van der Waals surface area (Å²) in [7, 11) is 0. The van der Waals surface area contributed by atoms with E-state index in [9.17, 15) is 9.59 Å². The highest BCUT2D eigenvalue weighted by Crippen LogP contribution is 2.24. The lowest BCUT2D eigenvalue weighted by Crippen LogP contribution is -2.40. The number of fused-ring (bicyclic) bond motifs is 1. The van der Waals surface area contributed by atoms with Gasteiger partial charge in [-0.25, -0.2) is 14.5 Å². The molecule has 2 aromatic heterocycles. The number of aromatic amines is 1. The highest BCUT2D eigenvalue weighted by Gasteiger charge is 2.25. The van der Waals surface area contributed by atoms with Crippen LogP contribution in [0.1, 0.15) is 24.2 Å². The van der Waals surface area contributed by atoms with Gasteiger partial charge in [0.15, 0.2) is 0 Å². The smallest absolute Gasteiger partial charge is 0.342 e. The third-order valence-electron chi connectivity index (χ3n) is 6.13. The van der Waals surface area contributed by atoms with E-state index in [0.29, 0.717) is 12.3 Å². The molecule has 1 N–H and O–H groups in total. The van der Waals surface area contributed by atoms with Gasteiger partial charge in [0.2, 0.25) is 5.91 Å². The van der Waals surface area contributed by atoms with Crippen molar-refractivity contribution in [1.29, 1.82) is 0 Å². The monoisotopic (exact) mass is 432 g/mol. The van der Waals surface area contributed by atoms with Gasteiger partial charge in [-0.2, -0.15) is 5.10 Å². The molecule has 0 atom stereocenters. The molecular weight excluding hydrogens is 408 g/mol. The van der Waals surface area contributed by atoms with E-state index in [1.54, 1.807) is 4.57 Å². The number of aromatic nitrogens is 3. The van der Waals surface area contributed by atoms with Crippen molar-refractivity contribution in [1.82, 2.24) is 19.7 Å². The first kappa shape index (κ1) is 19.8. The Kier molecular flexibility index (Phi) is 5.42. The van der Waals surface area contributed by atoms with Crippen LogP contribution in [0.15, 0.2) is 64.8 Å². The SMILES string of the molecule is O=C(Cc1cccc2ccccc12)N1CCC(Cc2n[nH]c(=O)n2-c2cccs2)CC1. The average Bonchev–Trinajstić information content (AvgIpc) is 3.44. The van der Waals surface area contributed by atoms with Crippen molar-refractivity contribution in [3.8, 4) is 5.00 Å². The number of carbonyl (C=O) groups is 1. The Balaban J connectivity index is 1.22. The largest absolute Gasteiger partial charge is 0.348 e. The quantitative estimate of drug-likeness (QED) is 0.521. The predicted octanol–water partition coefficient (Wildman–Crippen LogP) is 3.80. The number of nitrogens with zero attached hydrogens (tertiary/aromatic N) is 3. The van der Waals surface area contributed by atoms with Crippen molar-refractivity contribution in [2.45, 2.75) is 25.7 Å². The van der Waals surface area contributed by atoms with E-state index in [-0.39, 0.29) is 11.6 Å². The van der Waals surface area contributed by atoms with Crippen LogP contribution < -0.4 is 5.69 Å². The number of benzene rings is 2. The molecule has 3 heterocycles. The number of hydrogen-bond acceptors (Lipinski definition) is 4. The minimum Gasteiger partial charge on any atom is -0.342 e. The highest BCUT2D eigenvalue weighted by atomic mass is 32.1. The number of carbonyl (C=O) groups excluding carboxylic acids is 1. The Morgan fingerprint density at radius 3 is 2.68 bits per heavy atom. The zero-order valence-electron chi connectivity index (χ0n) is 17.2. The number of likely N-dealkylation sites (tertiary alicyclic amines) is 1.